The minimum Gasteiger partial charge on any atom is -0.451 e. The molecule has 9 heteroatoms. The number of H-pyrrole nitrogens is 1. The van der Waals surface area contributed by atoms with Crippen LogP contribution in [0, 0.1) is 5.92 Å². The number of ether oxygens (including phenoxy) is 1. The second kappa shape index (κ2) is 7.67. The number of sulfone groups is 1. The van der Waals surface area contributed by atoms with Crippen LogP contribution in [0.25, 0.3) is 10.9 Å². The number of hydrogen-bond acceptors (Lipinski definition) is 6. The molecule has 0 aliphatic carbocycles. The first-order chi connectivity index (χ1) is 12.8. The molecule has 1 aliphatic rings. The number of amides is 1. The average Bonchev–Trinajstić information content (AvgIpc) is 3.20. The number of para-hydroxylation sites is 1. The van der Waals surface area contributed by atoms with Crippen LogP contribution in [0.3, 0.4) is 0 Å². The molecule has 1 amide bonds. The van der Waals surface area contributed by atoms with Gasteiger partial charge in [-0.1, -0.05) is 32.0 Å². The molecular weight excluding hydrogens is 370 g/mol. The highest BCUT2D eigenvalue weighted by Crippen LogP contribution is 2.20. The van der Waals surface area contributed by atoms with E-state index in [-0.39, 0.29) is 35.1 Å². The van der Waals surface area contributed by atoms with Gasteiger partial charge in [0, 0.05) is 18.0 Å². The SMILES string of the molecule is CC(C)CN(C(=O)COC(=O)c1n[nH]c2ccccc12)[C@@H]1CCS(=O)(=O)C1. The van der Waals surface area contributed by atoms with Crippen LogP contribution in [-0.2, 0) is 19.4 Å². The molecule has 3 rings (SSSR count). The molecule has 0 radical (unpaired) electrons. The Bertz CT molecular complexity index is 951. The molecule has 1 fully saturated rings. The first-order valence-electron chi connectivity index (χ1n) is 8.87. The van der Waals surface area contributed by atoms with E-state index < -0.39 is 22.4 Å². The summed E-state index contributed by atoms with van der Waals surface area (Å²) in [6, 6.07) is 6.76. The lowest BCUT2D eigenvalue weighted by molar-refractivity contribution is -0.137. The molecular formula is C18H23N3O5S. The zero-order valence-electron chi connectivity index (χ0n) is 15.3. The summed E-state index contributed by atoms with van der Waals surface area (Å²) in [6.45, 7) is 3.88. The van der Waals surface area contributed by atoms with Crippen molar-refractivity contribution in [2.75, 3.05) is 24.7 Å². The van der Waals surface area contributed by atoms with Crippen molar-refractivity contribution in [3.63, 3.8) is 0 Å². The van der Waals surface area contributed by atoms with Crippen molar-refractivity contribution in [1.29, 1.82) is 0 Å². The van der Waals surface area contributed by atoms with Crippen molar-refractivity contribution in [2.45, 2.75) is 26.3 Å². The maximum absolute atomic E-state index is 12.6. The van der Waals surface area contributed by atoms with Gasteiger partial charge in [0.05, 0.1) is 17.0 Å². The monoisotopic (exact) mass is 393 g/mol. The molecule has 146 valence electrons. The normalized spacial score (nSPS) is 18.7. The van der Waals surface area contributed by atoms with Crippen LogP contribution in [0.1, 0.15) is 30.8 Å². The zero-order valence-corrected chi connectivity index (χ0v) is 16.2. The van der Waals surface area contributed by atoms with Crippen LogP contribution >= 0.6 is 0 Å². The third kappa shape index (κ3) is 4.47. The summed E-state index contributed by atoms with van der Waals surface area (Å²) in [5.74, 6) is -0.867. The highest BCUT2D eigenvalue weighted by Gasteiger charge is 2.35. The summed E-state index contributed by atoms with van der Waals surface area (Å²) in [4.78, 5) is 26.5. The van der Waals surface area contributed by atoms with E-state index >= 15 is 0 Å². The van der Waals surface area contributed by atoms with Crippen molar-refractivity contribution in [1.82, 2.24) is 15.1 Å². The fourth-order valence-electron chi connectivity index (χ4n) is 3.27. The van der Waals surface area contributed by atoms with Gasteiger partial charge in [-0.2, -0.15) is 5.10 Å². The van der Waals surface area contributed by atoms with Crippen LogP contribution in [0.15, 0.2) is 24.3 Å². The zero-order chi connectivity index (χ0) is 19.6. The molecule has 27 heavy (non-hydrogen) atoms. The Labute approximate surface area is 157 Å². The lowest BCUT2D eigenvalue weighted by Crippen LogP contribution is -2.45. The second-order valence-electron chi connectivity index (χ2n) is 7.19. The van der Waals surface area contributed by atoms with Crippen LogP contribution in [0.4, 0.5) is 0 Å². The van der Waals surface area contributed by atoms with E-state index in [1.165, 1.54) is 4.90 Å². The Kier molecular flexibility index (Phi) is 5.50. The molecule has 0 saturated carbocycles. The van der Waals surface area contributed by atoms with E-state index in [1.54, 1.807) is 18.2 Å². The van der Waals surface area contributed by atoms with Crippen molar-refractivity contribution in [2.24, 2.45) is 5.92 Å². The van der Waals surface area contributed by atoms with Crippen LogP contribution in [-0.4, -0.2) is 66.1 Å². The molecule has 0 spiro atoms. The number of carbonyl (C=O) groups is 2. The van der Waals surface area contributed by atoms with Crippen molar-refractivity contribution in [3.8, 4) is 0 Å². The fraction of sp³-hybridized carbons (Fsp3) is 0.500. The Morgan fingerprint density at radius 2 is 2.07 bits per heavy atom. The lowest BCUT2D eigenvalue weighted by atomic mass is 10.1. The average molecular weight is 393 g/mol. The van der Waals surface area contributed by atoms with Gasteiger partial charge in [-0.25, -0.2) is 13.2 Å². The number of carbonyl (C=O) groups excluding carboxylic acids is 2. The van der Waals surface area contributed by atoms with E-state index in [9.17, 15) is 18.0 Å². The smallest absolute Gasteiger partial charge is 0.359 e. The number of fused-ring (bicyclic) bond motifs is 1. The molecule has 1 aliphatic heterocycles. The predicted octanol–water partition coefficient (Wildman–Crippen LogP) is 1.39. The summed E-state index contributed by atoms with van der Waals surface area (Å²) >= 11 is 0. The van der Waals surface area contributed by atoms with E-state index in [1.807, 2.05) is 19.9 Å². The second-order valence-corrected chi connectivity index (χ2v) is 9.42. The Hall–Kier alpha value is -2.42. The van der Waals surface area contributed by atoms with Crippen LogP contribution < -0.4 is 0 Å². The first kappa shape index (κ1) is 19.3. The van der Waals surface area contributed by atoms with Gasteiger partial charge in [0.25, 0.3) is 5.91 Å². The summed E-state index contributed by atoms with van der Waals surface area (Å²) < 4.78 is 28.7. The molecule has 1 aromatic heterocycles. The Balaban J connectivity index is 1.67. The van der Waals surface area contributed by atoms with Crippen molar-refractivity contribution >= 4 is 32.6 Å². The maximum atomic E-state index is 12.6. The van der Waals surface area contributed by atoms with Gasteiger partial charge in [-0.05, 0) is 18.4 Å². The van der Waals surface area contributed by atoms with Gasteiger partial charge >= 0.3 is 5.97 Å². The highest BCUT2D eigenvalue weighted by atomic mass is 32.2. The molecule has 1 saturated heterocycles. The topological polar surface area (TPSA) is 109 Å². The lowest BCUT2D eigenvalue weighted by Gasteiger charge is -2.29. The van der Waals surface area contributed by atoms with Crippen molar-refractivity contribution < 1.29 is 22.7 Å². The molecule has 1 N–H and O–H groups in total. The molecule has 0 bridgehead atoms. The number of benzene rings is 1. The Morgan fingerprint density at radius 1 is 1.33 bits per heavy atom. The van der Waals surface area contributed by atoms with E-state index in [4.69, 9.17) is 4.74 Å². The molecule has 8 nitrogen and oxygen atoms in total. The summed E-state index contributed by atoms with van der Waals surface area (Å²) in [5, 5.41) is 7.33. The van der Waals surface area contributed by atoms with Gasteiger partial charge in [0.2, 0.25) is 0 Å². The predicted molar refractivity (Wildman–Crippen MR) is 100.0 cm³/mol. The van der Waals surface area contributed by atoms with Gasteiger partial charge in [0.1, 0.15) is 0 Å². The van der Waals surface area contributed by atoms with Gasteiger partial charge in [-0.15, -0.1) is 0 Å². The van der Waals surface area contributed by atoms with E-state index in [2.05, 4.69) is 10.2 Å². The van der Waals surface area contributed by atoms with Crippen LogP contribution in [0.2, 0.25) is 0 Å². The van der Waals surface area contributed by atoms with Gasteiger partial charge in [0.15, 0.2) is 22.1 Å². The van der Waals surface area contributed by atoms with Gasteiger partial charge in [-0.3, -0.25) is 9.89 Å². The molecule has 2 aromatic rings. The third-order valence-electron chi connectivity index (χ3n) is 4.52. The highest BCUT2D eigenvalue weighted by molar-refractivity contribution is 7.91. The number of aromatic nitrogens is 2. The third-order valence-corrected chi connectivity index (χ3v) is 6.27. The minimum atomic E-state index is -3.12. The first-order valence-corrected chi connectivity index (χ1v) is 10.7. The molecule has 1 aromatic carbocycles. The van der Waals surface area contributed by atoms with E-state index in [0.29, 0.717) is 23.9 Å². The Morgan fingerprint density at radius 3 is 2.74 bits per heavy atom. The van der Waals surface area contributed by atoms with Crippen LogP contribution in [0.5, 0.6) is 0 Å². The minimum absolute atomic E-state index is 0.0383. The summed E-state index contributed by atoms with van der Waals surface area (Å²) in [7, 11) is -3.12. The maximum Gasteiger partial charge on any atom is 0.359 e. The molecule has 2 heterocycles. The molecule has 1 atom stereocenters. The number of esters is 1. The largest absolute Gasteiger partial charge is 0.451 e. The summed E-state index contributed by atoms with van der Waals surface area (Å²) in [6.07, 6.45) is 0.415. The number of nitrogens with zero attached hydrogens (tertiary/aromatic N) is 2. The number of aromatic amines is 1. The summed E-state index contributed by atoms with van der Waals surface area (Å²) in [5.41, 5.74) is 0.825. The standard InChI is InChI=1S/C18H23N3O5S/c1-12(2)9-21(13-7-8-27(24,25)11-13)16(22)10-26-18(23)17-14-5-3-4-6-15(14)19-20-17/h3-6,12-13H,7-11H2,1-2H3,(H,19,20)/t13-/m1/s1. The molecule has 0 unspecified atom stereocenters. The number of rotatable bonds is 6. The quantitative estimate of drug-likeness (QED) is 0.743. The van der Waals surface area contributed by atoms with Crippen molar-refractivity contribution in [3.05, 3.63) is 30.0 Å². The van der Waals surface area contributed by atoms with Gasteiger partial charge < -0.3 is 9.64 Å². The van der Waals surface area contributed by atoms with E-state index in [0.717, 1.165) is 0 Å². The number of nitrogens with one attached hydrogen (secondary N) is 1. The number of hydrogen-bond donors (Lipinski definition) is 1. The fourth-order valence-corrected chi connectivity index (χ4v) is 5.00.